The van der Waals surface area contributed by atoms with Crippen molar-refractivity contribution in [2.24, 2.45) is 5.92 Å². The average molecular weight is 270 g/mol. The maximum Gasteiger partial charge on any atom is 0.391 e. The third kappa shape index (κ3) is 5.16. The summed E-state index contributed by atoms with van der Waals surface area (Å²) in [6, 6.07) is 0. The van der Waals surface area contributed by atoms with Gasteiger partial charge in [-0.1, -0.05) is 0 Å². The summed E-state index contributed by atoms with van der Waals surface area (Å²) in [5.74, 6) is -0.800. The summed E-state index contributed by atoms with van der Waals surface area (Å²) >= 11 is 3.95. The minimum Gasteiger partial charge on any atom is -0.354 e. The molecule has 0 aliphatic carbocycles. The zero-order valence-electron chi connectivity index (χ0n) is 9.46. The monoisotopic (exact) mass is 270 g/mol. The lowest BCUT2D eigenvalue weighted by atomic mass is 9.96. The second-order valence-electron chi connectivity index (χ2n) is 4.17. The first-order valence-corrected chi connectivity index (χ1v) is 6.23. The van der Waals surface area contributed by atoms with Gasteiger partial charge in [-0.2, -0.15) is 25.8 Å². The third-order valence-corrected chi connectivity index (χ3v) is 3.08. The summed E-state index contributed by atoms with van der Waals surface area (Å²) in [7, 11) is 0. The van der Waals surface area contributed by atoms with Gasteiger partial charge in [0.1, 0.15) is 0 Å². The van der Waals surface area contributed by atoms with Gasteiger partial charge in [0, 0.05) is 12.3 Å². The molecule has 0 atom stereocenters. The number of carbonyl (C=O) groups is 1. The molecule has 0 saturated carbocycles. The molecule has 0 aromatic rings. The van der Waals surface area contributed by atoms with E-state index in [0.717, 1.165) is 0 Å². The Hall–Kier alpha value is -0.430. The van der Waals surface area contributed by atoms with Crippen LogP contribution in [0.4, 0.5) is 13.2 Å². The van der Waals surface area contributed by atoms with Crippen LogP contribution in [0.5, 0.6) is 0 Å². The van der Waals surface area contributed by atoms with Crippen LogP contribution >= 0.6 is 12.6 Å². The van der Waals surface area contributed by atoms with E-state index in [4.69, 9.17) is 0 Å². The van der Waals surface area contributed by atoms with Gasteiger partial charge in [0.2, 0.25) is 5.91 Å². The number of thiol groups is 1. The Morgan fingerprint density at radius 1 is 1.35 bits per heavy atom. The number of piperidine rings is 1. The highest BCUT2D eigenvalue weighted by Gasteiger charge is 2.41. The highest BCUT2D eigenvalue weighted by atomic mass is 32.1. The van der Waals surface area contributed by atoms with Gasteiger partial charge in [-0.25, -0.2) is 0 Å². The Balaban J connectivity index is 2.25. The standard InChI is InChI=1S/C10H17F3N2OS/c11-10(12,13)8-1-4-15(5-2-8)7-9(16)14-3-6-17/h8,17H,1-7H2,(H,14,16). The molecule has 0 aromatic heterocycles. The molecule has 0 radical (unpaired) electrons. The van der Waals surface area contributed by atoms with Crippen molar-refractivity contribution >= 4 is 18.5 Å². The first kappa shape index (κ1) is 14.6. The van der Waals surface area contributed by atoms with E-state index >= 15 is 0 Å². The number of rotatable bonds is 4. The molecule has 1 rings (SSSR count). The minimum absolute atomic E-state index is 0.0867. The molecular formula is C10H17F3N2OS. The van der Waals surface area contributed by atoms with Crippen LogP contribution in [0.2, 0.25) is 0 Å². The smallest absolute Gasteiger partial charge is 0.354 e. The number of nitrogens with zero attached hydrogens (tertiary/aromatic N) is 1. The normalized spacial score (nSPS) is 19.3. The van der Waals surface area contributed by atoms with Crippen molar-refractivity contribution in [1.29, 1.82) is 0 Å². The zero-order chi connectivity index (χ0) is 12.9. The van der Waals surface area contributed by atoms with E-state index in [2.05, 4.69) is 17.9 Å². The molecule has 100 valence electrons. The quantitative estimate of drug-likeness (QED) is 0.755. The maximum atomic E-state index is 12.4. The summed E-state index contributed by atoms with van der Waals surface area (Å²) in [4.78, 5) is 13.1. The third-order valence-electron chi connectivity index (χ3n) is 2.85. The molecule has 1 heterocycles. The highest BCUT2D eigenvalue weighted by molar-refractivity contribution is 7.80. The summed E-state index contributed by atoms with van der Waals surface area (Å²) in [5, 5.41) is 2.64. The molecular weight excluding hydrogens is 253 g/mol. The van der Waals surface area contributed by atoms with Crippen LogP contribution in [0.3, 0.4) is 0 Å². The van der Waals surface area contributed by atoms with Crippen LogP contribution in [0.15, 0.2) is 0 Å². The second kappa shape index (κ2) is 6.49. The number of halogens is 3. The molecule has 1 N–H and O–H groups in total. The molecule has 0 unspecified atom stereocenters. The van der Waals surface area contributed by atoms with E-state index in [1.54, 1.807) is 4.90 Å². The topological polar surface area (TPSA) is 32.3 Å². The lowest BCUT2D eigenvalue weighted by molar-refractivity contribution is -0.185. The molecule has 3 nitrogen and oxygen atoms in total. The lowest BCUT2D eigenvalue weighted by Crippen LogP contribution is -2.44. The van der Waals surface area contributed by atoms with Crippen molar-refractivity contribution in [3.63, 3.8) is 0 Å². The fourth-order valence-electron chi connectivity index (χ4n) is 1.87. The highest BCUT2D eigenvalue weighted by Crippen LogP contribution is 2.33. The summed E-state index contributed by atoms with van der Waals surface area (Å²) < 4.78 is 37.2. The van der Waals surface area contributed by atoms with Crippen LogP contribution < -0.4 is 5.32 Å². The molecule has 0 aromatic carbocycles. The van der Waals surface area contributed by atoms with E-state index < -0.39 is 12.1 Å². The van der Waals surface area contributed by atoms with Crippen LogP contribution in [0, 0.1) is 5.92 Å². The summed E-state index contributed by atoms with van der Waals surface area (Å²) in [5.41, 5.74) is 0. The number of nitrogens with one attached hydrogen (secondary N) is 1. The average Bonchev–Trinajstić information content (AvgIpc) is 2.26. The predicted molar refractivity (Wildman–Crippen MR) is 62.1 cm³/mol. The van der Waals surface area contributed by atoms with Crippen molar-refractivity contribution in [3.8, 4) is 0 Å². The van der Waals surface area contributed by atoms with Crippen LogP contribution in [-0.2, 0) is 4.79 Å². The zero-order valence-corrected chi connectivity index (χ0v) is 10.4. The summed E-state index contributed by atoms with van der Waals surface area (Å²) in [6.45, 7) is 1.33. The first-order valence-electron chi connectivity index (χ1n) is 5.60. The SMILES string of the molecule is O=C(CN1CCC(C(F)(F)F)CC1)NCCS. The fraction of sp³-hybridized carbons (Fsp3) is 0.900. The Kier molecular flexibility index (Phi) is 5.58. The van der Waals surface area contributed by atoms with Crippen LogP contribution in [-0.4, -0.2) is 48.9 Å². The first-order chi connectivity index (χ1) is 7.93. The molecule has 17 heavy (non-hydrogen) atoms. The molecule has 1 fully saturated rings. The number of hydrogen-bond acceptors (Lipinski definition) is 3. The van der Waals surface area contributed by atoms with Gasteiger partial charge >= 0.3 is 6.18 Å². The summed E-state index contributed by atoms with van der Waals surface area (Å²) in [6.07, 6.45) is -3.92. The van der Waals surface area contributed by atoms with Gasteiger partial charge in [-0.05, 0) is 25.9 Å². The largest absolute Gasteiger partial charge is 0.391 e. The van der Waals surface area contributed by atoms with Crippen molar-refractivity contribution in [2.75, 3.05) is 31.9 Å². The Bertz CT molecular complexity index is 252. The Labute approximate surface area is 104 Å². The fourth-order valence-corrected chi connectivity index (χ4v) is 1.98. The van der Waals surface area contributed by atoms with Gasteiger partial charge in [0.15, 0.2) is 0 Å². The van der Waals surface area contributed by atoms with Crippen LogP contribution in [0.1, 0.15) is 12.8 Å². The molecule has 1 aliphatic rings. The van der Waals surface area contributed by atoms with E-state index in [1.165, 1.54) is 0 Å². The second-order valence-corrected chi connectivity index (χ2v) is 4.61. The van der Waals surface area contributed by atoms with Gasteiger partial charge in [-0.3, -0.25) is 9.69 Å². The Morgan fingerprint density at radius 2 is 1.94 bits per heavy atom. The van der Waals surface area contributed by atoms with Crippen LogP contribution in [0.25, 0.3) is 0 Å². The number of alkyl halides is 3. The number of carbonyl (C=O) groups excluding carboxylic acids is 1. The lowest BCUT2D eigenvalue weighted by Gasteiger charge is -2.32. The minimum atomic E-state index is -4.10. The van der Waals surface area contributed by atoms with Gasteiger partial charge in [0.05, 0.1) is 12.5 Å². The molecule has 1 amide bonds. The Morgan fingerprint density at radius 3 is 2.41 bits per heavy atom. The van der Waals surface area contributed by atoms with E-state index in [9.17, 15) is 18.0 Å². The van der Waals surface area contributed by atoms with E-state index in [0.29, 0.717) is 25.4 Å². The van der Waals surface area contributed by atoms with Crippen molar-refractivity contribution in [3.05, 3.63) is 0 Å². The predicted octanol–water partition coefficient (Wildman–Crippen LogP) is 1.31. The molecule has 0 bridgehead atoms. The van der Waals surface area contributed by atoms with Crippen molar-refractivity contribution in [1.82, 2.24) is 10.2 Å². The molecule has 7 heteroatoms. The van der Waals surface area contributed by atoms with Crippen molar-refractivity contribution in [2.45, 2.75) is 19.0 Å². The molecule has 0 spiro atoms. The van der Waals surface area contributed by atoms with Gasteiger partial charge in [0.25, 0.3) is 0 Å². The van der Waals surface area contributed by atoms with Gasteiger partial charge < -0.3 is 5.32 Å². The maximum absolute atomic E-state index is 12.4. The number of hydrogen-bond donors (Lipinski definition) is 2. The van der Waals surface area contributed by atoms with E-state index in [-0.39, 0.29) is 25.3 Å². The molecule has 1 saturated heterocycles. The van der Waals surface area contributed by atoms with E-state index in [1.807, 2.05) is 0 Å². The van der Waals surface area contributed by atoms with Gasteiger partial charge in [-0.15, -0.1) is 0 Å². The molecule has 1 aliphatic heterocycles. The van der Waals surface area contributed by atoms with Crippen molar-refractivity contribution < 1.29 is 18.0 Å². The number of likely N-dealkylation sites (tertiary alicyclic amines) is 1. The number of amides is 1.